The van der Waals surface area contributed by atoms with Crippen LogP contribution in [0.2, 0.25) is 0 Å². The molecule has 2 aromatic heterocycles. The first-order valence-corrected chi connectivity index (χ1v) is 10.3. The van der Waals surface area contributed by atoms with E-state index in [1.807, 2.05) is 12.1 Å². The molecule has 4 aromatic rings. The fourth-order valence-corrected chi connectivity index (χ4v) is 4.26. The number of fused-ring (bicyclic) bond motifs is 3. The molecule has 0 fully saturated rings. The number of nitrogens with two attached hydrogens (primary N) is 1. The summed E-state index contributed by atoms with van der Waals surface area (Å²) in [5.41, 5.74) is 13.4. The van der Waals surface area contributed by atoms with Crippen molar-refractivity contribution in [2.45, 2.75) is 26.4 Å². The number of hydrogen-bond acceptors (Lipinski definition) is 5. The smallest absolute Gasteiger partial charge is 0.339 e. The minimum atomic E-state index is -1.01. The molecule has 7 heteroatoms. The number of hydrogen-bond donors (Lipinski definition) is 3. The fourth-order valence-electron chi connectivity index (χ4n) is 4.26. The topological polar surface area (TPSA) is 108 Å². The standard InChI is InChI=1S/C24H23N5O2/c1-14-19(23(30)31)12-26-24(27-14)29-8-7-22-20(13-29)18-10-17(5-6-21(18)28-22)16-4-2-3-15(9-16)11-25/h2-6,9-10,12,28H,7-8,11,13,25H2,1H3,(H,30,31). The molecule has 0 radical (unpaired) electrons. The molecule has 4 N–H and O–H groups in total. The zero-order valence-corrected chi connectivity index (χ0v) is 17.2. The third kappa shape index (κ3) is 3.43. The van der Waals surface area contributed by atoms with Crippen LogP contribution in [-0.4, -0.2) is 32.6 Å². The maximum Gasteiger partial charge on any atom is 0.339 e. The second-order valence-corrected chi connectivity index (χ2v) is 7.89. The van der Waals surface area contributed by atoms with Crippen molar-refractivity contribution in [2.75, 3.05) is 11.4 Å². The van der Waals surface area contributed by atoms with Gasteiger partial charge < -0.3 is 20.7 Å². The first kappa shape index (κ1) is 19.3. The number of benzene rings is 2. The van der Waals surface area contributed by atoms with Crippen LogP contribution in [0.15, 0.2) is 48.7 Å². The average molecular weight is 413 g/mol. The Morgan fingerprint density at radius 2 is 2.06 bits per heavy atom. The molecule has 0 saturated carbocycles. The van der Waals surface area contributed by atoms with E-state index in [4.69, 9.17) is 5.73 Å². The van der Waals surface area contributed by atoms with Gasteiger partial charge in [0.25, 0.3) is 0 Å². The summed E-state index contributed by atoms with van der Waals surface area (Å²) < 4.78 is 0. The highest BCUT2D eigenvalue weighted by atomic mass is 16.4. The minimum absolute atomic E-state index is 0.137. The molecule has 31 heavy (non-hydrogen) atoms. The van der Waals surface area contributed by atoms with Gasteiger partial charge in [-0.3, -0.25) is 0 Å². The molecular weight excluding hydrogens is 390 g/mol. The van der Waals surface area contributed by atoms with Crippen molar-refractivity contribution < 1.29 is 9.90 Å². The molecule has 156 valence electrons. The second-order valence-electron chi connectivity index (χ2n) is 7.89. The highest BCUT2D eigenvalue weighted by molar-refractivity contribution is 5.90. The zero-order chi connectivity index (χ0) is 21.5. The Balaban J connectivity index is 1.51. The first-order chi connectivity index (χ1) is 15.0. The van der Waals surface area contributed by atoms with Gasteiger partial charge in [0.15, 0.2) is 0 Å². The van der Waals surface area contributed by atoms with E-state index in [9.17, 15) is 9.90 Å². The number of carbonyl (C=O) groups is 1. The number of nitrogens with zero attached hydrogens (tertiary/aromatic N) is 3. The largest absolute Gasteiger partial charge is 0.478 e. The number of aryl methyl sites for hydroxylation is 1. The number of aromatic amines is 1. The summed E-state index contributed by atoms with van der Waals surface area (Å²) in [5.74, 6) is -0.442. The lowest BCUT2D eigenvalue weighted by Gasteiger charge is -2.27. The molecule has 0 saturated heterocycles. The van der Waals surface area contributed by atoms with E-state index >= 15 is 0 Å². The summed E-state index contributed by atoms with van der Waals surface area (Å²) in [7, 11) is 0. The van der Waals surface area contributed by atoms with Gasteiger partial charge in [-0.15, -0.1) is 0 Å². The van der Waals surface area contributed by atoms with E-state index in [0.717, 1.165) is 35.2 Å². The molecule has 3 heterocycles. The number of carboxylic acids is 1. The second kappa shape index (κ2) is 7.52. The Morgan fingerprint density at radius 3 is 2.84 bits per heavy atom. The molecule has 7 nitrogen and oxygen atoms in total. The third-order valence-corrected chi connectivity index (χ3v) is 5.95. The molecular formula is C24H23N5O2. The van der Waals surface area contributed by atoms with Crippen LogP contribution in [0.25, 0.3) is 22.0 Å². The van der Waals surface area contributed by atoms with Gasteiger partial charge in [-0.25, -0.2) is 14.8 Å². The molecule has 0 bridgehead atoms. The van der Waals surface area contributed by atoms with Gasteiger partial charge in [0.05, 0.1) is 11.3 Å². The van der Waals surface area contributed by atoms with Crippen LogP contribution < -0.4 is 10.6 Å². The Labute approximate surface area is 179 Å². The number of aromatic nitrogens is 3. The zero-order valence-electron chi connectivity index (χ0n) is 17.2. The highest BCUT2D eigenvalue weighted by Gasteiger charge is 2.23. The van der Waals surface area contributed by atoms with Gasteiger partial charge in [-0.05, 0) is 41.8 Å². The van der Waals surface area contributed by atoms with Crippen LogP contribution in [-0.2, 0) is 19.5 Å². The van der Waals surface area contributed by atoms with Crippen LogP contribution in [0.1, 0.15) is 32.9 Å². The number of nitrogens with one attached hydrogen (secondary N) is 1. The van der Waals surface area contributed by atoms with Crippen molar-refractivity contribution in [1.82, 2.24) is 15.0 Å². The van der Waals surface area contributed by atoms with E-state index in [0.29, 0.717) is 24.7 Å². The number of carboxylic acid groups (broad SMARTS) is 1. The summed E-state index contributed by atoms with van der Waals surface area (Å²) in [5, 5.41) is 10.4. The quantitative estimate of drug-likeness (QED) is 0.471. The maximum absolute atomic E-state index is 11.3. The summed E-state index contributed by atoms with van der Waals surface area (Å²) in [4.78, 5) is 25.7. The van der Waals surface area contributed by atoms with Crippen molar-refractivity contribution in [3.63, 3.8) is 0 Å². The molecule has 0 atom stereocenters. The molecule has 0 unspecified atom stereocenters. The predicted molar refractivity (Wildman–Crippen MR) is 120 cm³/mol. The van der Waals surface area contributed by atoms with Gasteiger partial charge in [0.2, 0.25) is 5.95 Å². The van der Waals surface area contributed by atoms with Crippen molar-refractivity contribution in [3.8, 4) is 11.1 Å². The monoisotopic (exact) mass is 413 g/mol. The average Bonchev–Trinajstić information content (AvgIpc) is 3.16. The lowest BCUT2D eigenvalue weighted by molar-refractivity contribution is 0.0695. The summed E-state index contributed by atoms with van der Waals surface area (Å²) in [6.45, 7) is 3.67. The molecule has 0 aliphatic carbocycles. The van der Waals surface area contributed by atoms with Crippen LogP contribution in [0, 0.1) is 6.92 Å². The van der Waals surface area contributed by atoms with Crippen molar-refractivity contribution in [3.05, 3.63) is 76.7 Å². The lowest BCUT2D eigenvalue weighted by atomic mass is 9.99. The predicted octanol–water partition coefficient (Wildman–Crippen LogP) is 3.65. The van der Waals surface area contributed by atoms with Crippen LogP contribution >= 0.6 is 0 Å². The number of aromatic carboxylic acids is 1. The van der Waals surface area contributed by atoms with Gasteiger partial charge in [0, 0.05) is 54.4 Å². The molecule has 1 aliphatic heterocycles. The molecule has 0 spiro atoms. The van der Waals surface area contributed by atoms with Crippen molar-refractivity contribution in [1.29, 1.82) is 0 Å². The Morgan fingerprint density at radius 1 is 1.23 bits per heavy atom. The Hall–Kier alpha value is -3.71. The molecule has 5 rings (SSSR count). The summed E-state index contributed by atoms with van der Waals surface area (Å²) in [6, 6.07) is 14.8. The number of rotatable bonds is 4. The van der Waals surface area contributed by atoms with Gasteiger partial charge in [-0.2, -0.15) is 0 Å². The van der Waals surface area contributed by atoms with Gasteiger partial charge >= 0.3 is 5.97 Å². The summed E-state index contributed by atoms with van der Waals surface area (Å²) in [6.07, 6.45) is 2.25. The minimum Gasteiger partial charge on any atom is -0.478 e. The maximum atomic E-state index is 11.3. The van der Waals surface area contributed by atoms with Crippen molar-refractivity contribution in [2.24, 2.45) is 5.73 Å². The van der Waals surface area contributed by atoms with Gasteiger partial charge in [-0.1, -0.05) is 24.3 Å². The summed E-state index contributed by atoms with van der Waals surface area (Å²) >= 11 is 0. The van der Waals surface area contributed by atoms with Crippen LogP contribution in [0.3, 0.4) is 0 Å². The lowest BCUT2D eigenvalue weighted by Crippen LogP contribution is -2.31. The van der Waals surface area contributed by atoms with E-state index < -0.39 is 5.97 Å². The first-order valence-electron chi connectivity index (χ1n) is 10.3. The fraction of sp³-hybridized carbons (Fsp3) is 0.208. The van der Waals surface area contributed by atoms with E-state index in [1.54, 1.807) is 6.92 Å². The Kier molecular flexibility index (Phi) is 4.67. The van der Waals surface area contributed by atoms with Crippen LogP contribution in [0.4, 0.5) is 5.95 Å². The normalized spacial score (nSPS) is 13.4. The molecule has 0 amide bonds. The third-order valence-electron chi connectivity index (χ3n) is 5.95. The number of H-pyrrole nitrogens is 1. The van der Waals surface area contributed by atoms with E-state index in [1.165, 1.54) is 22.8 Å². The van der Waals surface area contributed by atoms with Crippen LogP contribution in [0.5, 0.6) is 0 Å². The molecule has 2 aromatic carbocycles. The van der Waals surface area contributed by atoms with Gasteiger partial charge in [0.1, 0.15) is 0 Å². The Bertz CT molecular complexity index is 1310. The van der Waals surface area contributed by atoms with E-state index in [-0.39, 0.29) is 5.56 Å². The van der Waals surface area contributed by atoms with E-state index in [2.05, 4.69) is 50.2 Å². The number of anilines is 1. The highest BCUT2D eigenvalue weighted by Crippen LogP contribution is 2.32. The molecule has 1 aliphatic rings. The SMILES string of the molecule is Cc1nc(N2CCc3[nH]c4ccc(-c5cccc(CN)c5)cc4c3C2)ncc1C(=O)O. The van der Waals surface area contributed by atoms with Crippen molar-refractivity contribution >= 4 is 22.8 Å².